The topological polar surface area (TPSA) is 33.0 Å². The molecule has 2 aromatic rings. The molecule has 0 N–H and O–H groups in total. The molecule has 2 nitrogen and oxygen atoms in total. The van der Waals surface area contributed by atoms with E-state index in [0.717, 1.165) is 16.5 Å². The summed E-state index contributed by atoms with van der Waals surface area (Å²) in [6.45, 7) is 0.594. The average Bonchev–Trinajstić information content (AvgIpc) is 2.49. The average molecular weight is 304 g/mol. The molecule has 0 fully saturated rings. The Balaban J connectivity index is 1.72. The number of nitriles is 1. The second-order valence-corrected chi connectivity index (χ2v) is 5.68. The van der Waals surface area contributed by atoms with Crippen molar-refractivity contribution in [2.24, 2.45) is 0 Å². The van der Waals surface area contributed by atoms with Gasteiger partial charge in [-0.25, -0.2) is 0 Å². The Morgan fingerprint density at radius 1 is 1.10 bits per heavy atom. The standard InChI is InChI=1S/C16H14ClNOS/c17-15-7-5-13(6-8-15)12-20-10-9-19-16-4-2-1-3-14(16)11-18/h1-8H,9-10,12H2. The lowest BCUT2D eigenvalue weighted by Crippen LogP contribution is -2.01. The van der Waals surface area contributed by atoms with Gasteiger partial charge in [-0.05, 0) is 29.8 Å². The Bertz CT molecular complexity index is 592. The van der Waals surface area contributed by atoms with Gasteiger partial charge in [-0.15, -0.1) is 0 Å². The summed E-state index contributed by atoms with van der Waals surface area (Å²) < 4.78 is 5.62. The molecule has 0 aliphatic heterocycles. The highest BCUT2D eigenvalue weighted by molar-refractivity contribution is 7.98. The van der Waals surface area contributed by atoms with E-state index in [0.29, 0.717) is 17.9 Å². The van der Waals surface area contributed by atoms with Crippen molar-refractivity contribution in [1.29, 1.82) is 5.26 Å². The fraction of sp³-hybridized carbons (Fsp3) is 0.188. The Labute approximate surface area is 128 Å². The van der Waals surface area contributed by atoms with E-state index in [2.05, 4.69) is 6.07 Å². The van der Waals surface area contributed by atoms with E-state index in [1.165, 1.54) is 5.56 Å². The van der Waals surface area contributed by atoms with Crippen LogP contribution in [0.1, 0.15) is 11.1 Å². The maximum Gasteiger partial charge on any atom is 0.137 e. The van der Waals surface area contributed by atoms with Gasteiger partial charge in [-0.2, -0.15) is 17.0 Å². The van der Waals surface area contributed by atoms with Gasteiger partial charge < -0.3 is 4.74 Å². The van der Waals surface area contributed by atoms with E-state index in [9.17, 15) is 0 Å². The Morgan fingerprint density at radius 2 is 1.85 bits per heavy atom. The van der Waals surface area contributed by atoms with Gasteiger partial charge in [0.05, 0.1) is 12.2 Å². The van der Waals surface area contributed by atoms with Crippen molar-refractivity contribution in [3.05, 3.63) is 64.7 Å². The Morgan fingerprint density at radius 3 is 2.60 bits per heavy atom. The maximum absolute atomic E-state index is 8.95. The minimum atomic E-state index is 0.579. The SMILES string of the molecule is N#Cc1ccccc1OCCSCc1ccc(Cl)cc1. The molecule has 0 aliphatic carbocycles. The van der Waals surface area contributed by atoms with Gasteiger partial charge in [0.2, 0.25) is 0 Å². The van der Waals surface area contributed by atoms with E-state index >= 15 is 0 Å². The molecule has 0 saturated carbocycles. The van der Waals surface area contributed by atoms with Crippen molar-refractivity contribution in [3.63, 3.8) is 0 Å². The molecule has 0 atom stereocenters. The van der Waals surface area contributed by atoms with Crippen LogP contribution in [-0.4, -0.2) is 12.4 Å². The molecule has 0 saturated heterocycles. The highest BCUT2D eigenvalue weighted by Gasteiger charge is 2.01. The summed E-state index contributed by atoms with van der Waals surface area (Å²) in [4.78, 5) is 0. The van der Waals surface area contributed by atoms with Gasteiger partial charge in [-0.1, -0.05) is 35.9 Å². The predicted octanol–water partition coefficient (Wildman–Crippen LogP) is 4.52. The second-order valence-electron chi connectivity index (χ2n) is 4.14. The van der Waals surface area contributed by atoms with Crippen LogP contribution in [0.2, 0.25) is 5.02 Å². The van der Waals surface area contributed by atoms with Gasteiger partial charge >= 0.3 is 0 Å². The molecular weight excluding hydrogens is 290 g/mol. The first kappa shape index (κ1) is 14.8. The number of halogens is 1. The monoisotopic (exact) mass is 303 g/mol. The lowest BCUT2D eigenvalue weighted by molar-refractivity contribution is 0.343. The molecule has 4 heteroatoms. The summed E-state index contributed by atoms with van der Waals surface area (Å²) in [6, 6.07) is 17.3. The number of ether oxygens (including phenoxy) is 1. The second kappa shape index (κ2) is 7.84. The molecule has 0 aliphatic rings. The van der Waals surface area contributed by atoms with Gasteiger partial charge in [0.25, 0.3) is 0 Å². The molecule has 20 heavy (non-hydrogen) atoms. The minimum absolute atomic E-state index is 0.579. The van der Waals surface area contributed by atoms with Crippen molar-refractivity contribution in [3.8, 4) is 11.8 Å². The first-order chi connectivity index (χ1) is 9.79. The number of nitrogens with zero attached hydrogens (tertiary/aromatic N) is 1. The molecule has 102 valence electrons. The molecule has 0 bridgehead atoms. The predicted molar refractivity (Wildman–Crippen MR) is 84.3 cm³/mol. The van der Waals surface area contributed by atoms with E-state index in [1.807, 2.05) is 42.5 Å². The van der Waals surface area contributed by atoms with Gasteiger partial charge in [0, 0.05) is 16.5 Å². The fourth-order valence-corrected chi connectivity index (χ4v) is 2.57. The number of hydrogen-bond acceptors (Lipinski definition) is 3. The van der Waals surface area contributed by atoms with E-state index in [-0.39, 0.29) is 0 Å². The Hall–Kier alpha value is -1.63. The highest BCUT2D eigenvalue weighted by atomic mass is 35.5. The number of hydrogen-bond donors (Lipinski definition) is 0. The van der Waals surface area contributed by atoms with Crippen LogP contribution in [0.15, 0.2) is 48.5 Å². The quantitative estimate of drug-likeness (QED) is 0.735. The van der Waals surface area contributed by atoms with Crippen LogP contribution < -0.4 is 4.74 Å². The first-order valence-corrected chi connectivity index (χ1v) is 7.77. The van der Waals surface area contributed by atoms with Crippen molar-refractivity contribution < 1.29 is 4.74 Å². The molecule has 0 heterocycles. The van der Waals surface area contributed by atoms with E-state index < -0.39 is 0 Å². The molecule has 0 aromatic heterocycles. The lowest BCUT2D eigenvalue weighted by Gasteiger charge is -2.07. The minimum Gasteiger partial charge on any atom is -0.491 e. The third kappa shape index (κ3) is 4.48. The molecule has 0 spiro atoms. The smallest absolute Gasteiger partial charge is 0.137 e. The first-order valence-electron chi connectivity index (χ1n) is 6.24. The van der Waals surface area contributed by atoms with Crippen molar-refractivity contribution in [2.45, 2.75) is 5.75 Å². The zero-order valence-electron chi connectivity index (χ0n) is 10.9. The van der Waals surface area contributed by atoms with Crippen molar-refractivity contribution >= 4 is 23.4 Å². The summed E-state index contributed by atoms with van der Waals surface area (Å²) in [6.07, 6.45) is 0. The zero-order valence-corrected chi connectivity index (χ0v) is 12.5. The third-order valence-corrected chi connectivity index (χ3v) is 3.92. The third-order valence-electron chi connectivity index (χ3n) is 2.67. The van der Waals surface area contributed by atoms with Crippen LogP contribution in [0.4, 0.5) is 0 Å². The van der Waals surface area contributed by atoms with E-state index in [4.69, 9.17) is 21.6 Å². The highest BCUT2D eigenvalue weighted by Crippen LogP contribution is 2.18. The van der Waals surface area contributed by atoms with Gasteiger partial charge in [-0.3, -0.25) is 0 Å². The van der Waals surface area contributed by atoms with Crippen LogP contribution in [0.25, 0.3) is 0 Å². The number of thioether (sulfide) groups is 1. The van der Waals surface area contributed by atoms with E-state index in [1.54, 1.807) is 17.8 Å². The Kier molecular flexibility index (Phi) is 5.79. The molecule has 0 radical (unpaired) electrons. The summed E-state index contributed by atoms with van der Waals surface area (Å²) in [5.74, 6) is 2.46. The van der Waals surface area contributed by atoms with Crippen molar-refractivity contribution in [1.82, 2.24) is 0 Å². The molecule has 0 unspecified atom stereocenters. The maximum atomic E-state index is 8.95. The fourth-order valence-electron chi connectivity index (χ4n) is 1.67. The van der Waals surface area contributed by atoms with Crippen LogP contribution in [0.5, 0.6) is 5.75 Å². The molecular formula is C16H14ClNOS. The largest absolute Gasteiger partial charge is 0.491 e. The molecule has 0 amide bonds. The molecule has 2 rings (SSSR count). The zero-order chi connectivity index (χ0) is 14.2. The number of para-hydroxylation sites is 1. The van der Waals surface area contributed by atoms with Crippen LogP contribution >= 0.6 is 23.4 Å². The van der Waals surface area contributed by atoms with Crippen LogP contribution in [0.3, 0.4) is 0 Å². The van der Waals surface area contributed by atoms with Crippen molar-refractivity contribution in [2.75, 3.05) is 12.4 Å². The summed E-state index contributed by atoms with van der Waals surface area (Å²) in [5.41, 5.74) is 1.83. The lowest BCUT2D eigenvalue weighted by atomic mass is 10.2. The van der Waals surface area contributed by atoms with Gasteiger partial charge in [0.15, 0.2) is 0 Å². The summed E-state index contributed by atoms with van der Waals surface area (Å²) in [7, 11) is 0. The number of rotatable bonds is 6. The van der Waals surface area contributed by atoms with Gasteiger partial charge in [0.1, 0.15) is 11.8 Å². The summed E-state index contributed by atoms with van der Waals surface area (Å²) in [5, 5.41) is 9.71. The number of benzene rings is 2. The van der Waals surface area contributed by atoms with Crippen LogP contribution in [0, 0.1) is 11.3 Å². The summed E-state index contributed by atoms with van der Waals surface area (Å²) >= 11 is 7.63. The normalized spacial score (nSPS) is 10.0. The molecule has 2 aromatic carbocycles. The van der Waals surface area contributed by atoms with Crippen LogP contribution in [-0.2, 0) is 5.75 Å².